The summed E-state index contributed by atoms with van der Waals surface area (Å²) >= 11 is 3.36. The van der Waals surface area contributed by atoms with Crippen LogP contribution in [0.1, 0.15) is 37.3 Å². The predicted octanol–water partition coefficient (Wildman–Crippen LogP) is 3.56. The molecule has 0 aliphatic heterocycles. The Bertz CT molecular complexity index is 691. The number of phenolic OH excluding ortho intramolecular Hbond substituents is 1. The lowest BCUT2D eigenvalue weighted by molar-refractivity contribution is 0.475. The molecule has 1 aromatic carbocycles. The SMILES string of the molecule is O=c1[nH]c(-c2cccc(O)c2)nc(C2CCCC2)c1Br. The van der Waals surface area contributed by atoms with E-state index in [1.54, 1.807) is 18.2 Å². The number of aromatic nitrogens is 2. The molecule has 2 aromatic rings. The third-order valence-corrected chi connectivity index (χ3v) is 4.52. The van der Waals surface area contributed by atoms with Gasteiger partial charge in [-0.3, -0.25) is 4.79 Å². The van der Waals surface area contributed by atoms with Crippen LogP contribution in [-0.4, -0.2) is 15.1 Å². The number of benzene rings is 1. The van der Waals surface area contributed by atoms with Crippen molar-refractivity contribution in [2.45, 2.75) is 31.6 Å². The van der Waals surface area contributed by atoms with Gasteiger partial charge in [0.1, 0.15) is 16.0 Å². The van der Waals surface area contributed by atoms with Crippen LogP contribution in [-0.2, 0) is 0 Å². The molecule has 1 aliphatic carbocycles. The van der Waals surface area contributed by atoms with Gasteiger partial charge in [0, 0.05) is 11.5 Å². The van der Waals surface area contributed by atoms with Crippen molar-refractivity contribution in [3.8, 4) is 17.1 Å². The fraction of sp³-hybridized carbons (Fsp3) is 0.333. The molecule has 0 amide bonds. The molecule has 0 bridgehead atoms. The Morgan fingerprint density at radius 3 is 2.75 bits per heavy atom. The van der Waals surface area contributed by atoms with Gasteiger partial charge in [-0.2, -0.15) is 0 Å². The predicted molar refractivity (Wildman–Crippen MR) is 80.9 cm³/mol. The number of phenols is 1. The number of aromatic hydroxyl groups is 1. The molecule has 1 aliphatic rings. The van der Waals surface area contributed by atoms with Gasteiger partial charge in [-0.1, -0.05) is 25.0 Å². The summed E-state index contributed by atoms with van der Waals surface area (Å²) in [5.74, 6) is 1.02. The highest BCUT2D eigenvalue weighted by atomic mass is 79.9. The fourth-order valence-corrected chi connectivity index (χ4v) is 3.25. The molecule has 4 nitrogen and oxygen atoms in total. The van der Waals surface area contributed by atoms with Crippen molar-refractivity contribution in [3.05, 3.63) is 44.8 Å². The highest BCUT2D eigenvalue weighted by Crippen LogP contribution is 2.36. The van der Waals surface area contributed by atoms with Gasteiger partial charge >= 0.3 is 0 Å². The number of nitrogens with zero attached hydrogens (tertiary/aromatic N) is 1. The molecular weight excluding hydrogens is 320 g/mol. The first-order valence-corrected chi connectivity index (χ1v) is 7.53. The van der Waals surface area contributed by atoms with Gasteiger partial charge < -0.3 is 10.1 Å². The topological polar surface area (TPSA) is 66.0 Å². The maximum Gasteiger partial charge on any atom is 0.265 e. The second-order valence-corrected chi connectivity index (χ2v) is 5.94. The van der Waals surface area contributed by atoms with Crippen LogP contribution in [0.15, 0.2) is 33.5 Å². The van der Waals surface area contributed by atoms with Gasteiger partial charge in [-0.15, -0.1) is 0 Å². The van der Waals surface area contributed by atoms with E-state index in [0.29, 0.717) is 21.8 Å². The van der Waals surface area contributed by atoms with Crippen molar-refractivity contribution < 1.29 is 5.11 Å². The lowest BCUT2D eigenvalue weighted by Crippen LogP contribution is -2.15. The Hall–Kier alpha value is -1.62. The van der Waals surface area contributed by atoms with Crippen molar-refractivity contribution in [1.82, 2.24) is 9.97 Å². The smallest absolute Gasteiger partial charge is 0.265 e. The van der Waals surface area contributed by atoms with Crippen LogP contribution >= 0.6 is 15.9 Å². The Balaban J connectivity index is 2.11. The number of hydrogen-bond donors (Lipinski definition) is 2. The van der Waals surface area contributed by atoms with Gasteiger partial charge in [-0.05, 0) is 40.9 Å². The second kappa shape index (κ2) is 5.40. The molecule has 0 radical (unpaired) electrons. The van der Waals surface area contributed by atoms with Crippen molar-refractivity contribution in [2.24, 2.45) is 0 Å². The van der Waals surface area contributed by atoms with E-state index >= 15 is 0 Å². The average Bonchev–Trinajstić information content (AvgIpc) is 2.95. The van der Waals surface area contributed by atoms with E-state index in [1.807, 2.05) is 6.07 Å². The molecule has 0 spiro atoms. The molecular formula is C15H15BrN2O2. The van der Waals surface area contributed by atoms with E-state index in [-0.39, 0.29) is 11.3 Å². The summed E-state index contributed by atoms with van der Waals surface area (Å²) in [5.41, 5.74) is 1.39. The largest absolute Gasteiger partial charge is 0.508 e. The van der Waals surface area contributed by atoms with Crippen molar-refractivity contribution in [1.29, 1.82) is 0 Å². The lowest BCUT2D eigenvalue weighted by Gasteiger charge is -2.12. The molecule has 2 N–H and O–H groups in total. The van der Waals surface area contributed by atoms with E-state index in [0.717, 1.165) is 18.5 Å². The summed E-state index contributed by atoms with van der Waals surface area (Å²) in [7, 11) is 0. The normalized spacial score (nSPS) is 15.7. The summed E-state index contributed by atoms with van der Waals surface area (Å²) in [6.45, 7) is 0. The fourth-order valence-electron chi connectivity index (χ4n) is 2.74. The molecule has 104 valence electrons. The molecule has 0 atom stereocenters. The maximum atomic E-state index is 12.1. The standard InChI is InChI=1S/C15H15BrN2O2/c16-12-13(9-4-1-2-5-9)17-14(18-15(12)20)10-6-3-7-11(19)8-10/h3,6-9,19H,1-2,4-5H2,(H,17,18,20). The summed E-state index contributed by atoms with van der Waals surface area (Å²) in [6.07, 6.45) is 4.53. The first-order chi connectivity index (χ1) is 9.65. The number of rotatable bonds is 2. The molecule has 0 unspecified atom stereocenters. The molecule has 5 heteroatoms. The third kappa shape index (κ3) is 2.50. The van der Waals surface area contributed by atoms with Crippen LogP contribution in [0.4, 0.5) is 0 Å². The third-order valence-electron chi connectivity index (χ3n) is 3.75. The summed E-state index contributed by atoms with van der Waals surface area (Å²) < 4.78 is 0.535. The summed E-state index contributed by atoms with van der Waals surface area (Å²) in [5, 5.41) is 9.55. The number of H-pyrrole nitrogens is 1. The van der Waals surface area contributed by atoms with Gasteiger partial charge in [0.15, 0.2) is 0 Å². The molecule has 20 heavy (non-hydrogen) atoms. The Morgan fingerprint density at radius 1 is 1.30 bits per heavy atom. The molecule has 1 aromatic heterocycles. The quantitative estimate of drug-likeness (QED) is 0.882. The van der Waals surface area contributed by atoms with Crippen molar-refractivity contribution in [2.75, 3.05) is 0 Å². The Morgan fingerprint density at radius 2 is 2.05 bits per heavy atom. The molecule has 3 rings (SSSR count). The maximum absolute atomic E-state index is 12.1. The van der Waals surface area contributed by atoms with Crippen molar-refractivity contribution in [3.63, 3.8) is 0 Å². The minimum Gasteiger partial charge on any atom is -0.508 e. The molecule has 1 fully saturated rings. The Labute approximate surface area is 125 Å². The van der Waals surface area contributed by atoms with Gasteiger partial charge in [-0.25, -0.2) is 4.98 Å². The molecule has 1 heterocycles. The highest BCUT2D eigenvalue weighted by Gasteiger charge is 2.23. The molecule has 0 saturated heterocycles. The van der Waals surface area contributed by atoms with Crippen molar-refractivity contribution >= 4 is 15.9 Å². The first kappa shape index (κ1) is 13.4. The van der Waals surface area contributed by atoms with E-state index in [9.17, 15) is 9.90 Å². The number of halogens is 1. The van der Waals surface area contributed by atoms with Crippen LogP contribution < -0.4 is 5.56 Å². The van der Waals surface area contributed by atoms with Gasteiger partial charge in [0.2, 0.25) is 0 Å². The van der Waals surface area contributed by atoms with E-state index in [2.05, 4.69) is 25.9 Å². The average molecular weight is 335 g/mol. The van der Waals surface area contributed by atoms with Crippen LogP contribution in [0.25, 0.3) is 11.4 Å². The zero-order valence-corrected chi connectivity index (χ0v) is 12.5. The minimum absolute atomic E-state index is 0.162. The van der Waals surface area contributed by atoms with E-state index in [4.69, 9.17) is 0 Å². The number of hydrogen-bond acceptors (Lipinski definition) is 3. The van der Waals surface area contributed by atoms with Gasteiger partial charge in [0.25, 0.3) is 5.56 Å². The summed E-state index contributed by atoms with van der Waals surface area (Å²) in [4.78, 5) is 19.4. The lowest BCUT2D eigenvalue weighted by atomic mass is 10.0. The zero-order valence-electron chi connectivity index (χ0n) is 10.9. The van der Waals surface area contributed by atoms with Crippen LogP contribution in [0.5, 0.6) is 5.75 Å². The highest BCUT2D eigenvalue weighted by molar-refractivity contribution is 9.10. The van der Waals surface area contributed by atoms with E-state index in [1.165, 1.54) is 12.8 Å². The van der Waals surface area contributed by atoms with Gasteiger partial charge in [0.05, 0.1) is 5.69 Å². The van der Waals surface area contributed by atoms with Crippen LogP contribution in [0.2, 0.25) is 0 Å². The van der Waals surface area contributed by atoms with Crippen LogP contribution in [0, 0.1) is 0 Å². The number of aromatic amines is 1. The first-order valence-electron chi connectivity index (χ1n) is 6.74. The minimum atomic E-state index is -0.166. The Kier molecular flexibility index (Phi) is 3.61. The zero-order chi connectivity index (χ0) is 14.1. The van der Waals surface area contributed by atoms with E-state index < -0.39 is 0 Å². The monoisotopic (exact) mass is 334 g/mol. The summed E-state index contributed by atoms with van der Waals surface area (Å²) in [6, 6.07) is 6.76. The van der Waals surface area contributed by atoms with Crippen LogP contribution in [0.3, 0.4) is 0 Å². The second-order valence-electron chi connectivity index (χ2n) is 5.15. The molecule has 1 saturated carbocycles. The number of nitrogens with one attached hydrogen (secondary N) is 1.